The Kier molecular flexibility index (Phi) is 6.08. The van der Waals surface area contributed by atoms with E-state index < -0.39 is 0 Å². The van der Waals surface area contributed by atoms with E-state index in [1.54, 1.807) is 0 Å². The molecule has 1 unspecified atom stereocenters. The van der Waals surface area contributed by atoms with Crippen LogP contribution >= 0.6 is 0 Å². The van der Waals surface area contributed by atoms with Gasteiger partial charge in [-0.05, 0) is 30.5 Å². The number of benzene rings is 2. The quantitative estimate of drug-likeness (QED) is 0.731. The van der Waals surface area contributed by atoms with E-state index in [4.69, 9.17) is 11.5 Å². The van der Waals surface area contributed by atoms with Gasteiger partial charge in [0.05, 0.1) is 11.4 Å². The zero-order valence-electron chi connectivity index (χ0n) is 15.3. The fourth-order valence-corrected chi connectivity index (χ4v) is 3.48. The minimum Gasteiger partial charge on any atom is -0.370 e. The van der Waals surface area contributed by atoms with Crippen molar-refractivity contribution in [2.75, 3.05) is 23.3 Å². The van der Waals surface area contributed by atoms with Crippen LogP contribution in [-0.4, -0.2) is 24.9 Å². The number of carbonyl (C=O) groups excluding carboxylic acids is 2. The van der Waals surface area contributed by atoms with E-state index in [-0.39, 0.29) is 30.2 Å². The number of rotatable bonds is 6. The van der Waals surface area contributed by atoms with Crippen molar-refractivity contribution in [3.8, 4) is 0 Å². The molecule has 1 heterocycles. The SMILES string of the molecule is NC(=O)C1CCN(c2ccccc2NC(=O)CC(N)c2ccccc2)CC1. The van der Waals surface area contributed by atoms with Gasteiger partial charge < -0.3 is 21.7 Å². The molecule has 3 rings (SSSR count). The molecule has 0 saturated carbocycles. The van der Waals surface area contributed by atoms with Gasteiger partial charge in [-0.2, -0.15) is 0 Å². The van der Waals surface area contributed by atoms with Crippen molar-refractivity contribution in [3.05, 3.63) is 60.2 Å². The van der Waals surface area contributed by atoms with Crippen molar-refractivity contribution in [2.24, 2.45) is 17.4 Å². The van der Waals surface area contributed by atoms with Gasteiger partial charge in [0.2, 0.25) is 11.8 Å². The van der Waals surface area contributed by atoms with Gasteiger partial charge in [0.1, 0.15) is 0 Å². The molecule has 2 amide bonds. The van der Waals surface area contributed by atoms with Crippen LogP contribution in [0.3, 0.4) is 0 Å². The van der Waals surface area contributed by atoms with Gasteiger partial charge in [0.25, 0.3) is 0 Å². The van der Waals surface area contributed by atoms with E-state index in [9.17, 15) is 9.59 Å². The Labute approximate surface area is 159 Å². The average Bonchev–Trinajstić information content (AvgIpc) is 2.69. The van der Waals surface area contributed by atoms with E-state index in [1.807, 2.05) is 54.6 Å². The Morgan fingerprint density at radius 2 is 1.67 bits per heavy atom. The molecular weight excluding hydrogens is 340 g/mol. The number of nitrogens with one attached hydrogen (secondary N) is 1. The molecule has 0 bridgehead atoms. The van der Waals surface area contributed by atoms with Gasteiger partial charge in [-0.15, -0.1) is 0 Å². The predicted molar refractivity (Wildman–Crippen MR) is 107 cm³/mol. The summed E-state index contributed by atoms with van der Waals surface area (Å²) in [6.07, 6.45) is 1.68. The summed E-state index contributed by atoms with van der Waals surface area (Å²) in [4.78, 5) is 26.1. The second-order valence-electron chi connectivity index (χ2n) is 6.95. The topological polar surface area (TPSA) is 101 Å². The average molecular weight is 366 g/mol. The molecule has 1 aliphatic rings. The van der Waals surface area contributed by atoms with E-state index >= 15 is 0 Å². The summed E-state index contributed by atoms with van der Waals surface area (Å²) in [7, 11) is 0. The molecule has 0 aromatic heterocycles. The minimum absolute atomic E-state index is 0.0631. The van der Waals surface area contributed by atoms with Crippen molar-refractivity contribution in [2.45, 2.75) is 25.3 Å². The molecule has 0 aliphatic carbocycles. The summed E-state index contributed by atoms with van der Waals surface area (Å²) in [6.45, 7) is 1.48. The number of hydrogen-bond acceptors (Lipinski definition) is 4. The summed E-state index contributed by atoms with van der Waals surface area (Å²) < 4.78 is 0. The summed E-state index contributed by atoms with van der Waals surface area (Å²) >= 11 is 0. The third-order valence-electron chi connectivity index (χ3n) is 5.05. The van der Waals surface area contributed by atoms with Crippen LogP contribution in [0.2, 0.25) is 0 Å². The highest BCUT2D eigenvalue weighted by molar-refractivity contribution is 5.94. The maximum absolute atomic E-state index is 12.5. The first-order chi connectivity index (χ1) is 13.0. The maximum Gasteiger partial charge on any atom is 0.226 e. The van der Waals surface area contributed by atoms with Crippen molar-refractivity contribution in [1.82, 2.24) is 0 Å². The van der Waals surface area contributed by atoms with E-state index in [1.165, 1.54) is 0 Å². The molecule has 0 spiro atoms. The summed E-state index contributed by atoms with van der Waals surface area (Å²) in [5.74, 6) is -0.413. The van der Waals surface area contributed by atoms with Crippen molar-refractivity contribution < 1.29 is 9.59 Å². The number of nitrogens with zero attached hydrogens (tertiary/aromatic N) is 1. The Morgan fingerprint density at radius 3 is 2.33 bits per heavy atom. The van der Waals surface area contributed by atoms with Crippen LogP contribution in [0.1, 0.15) is 30.9 Å². The third-order valence-corrected chi connectivity index (χ3v) is 5.05. The van der Waals surface area contributed by atoms with Crippen LogP contribution in [0.15, 0.2) is 54.6 Å². The van der Waals surface area contributed by atoms with Gasteiger partial charge in [0, 0.05) is 31.5 Å². The van der Waals surface area contributed by atoms with Crippen LogP contribution in [0.4, 0.5) is 11.4 Å². The largest absolute Gasteiger partial charge is 0.370 e. The van der Waals surface area contributed by atoms with E-state index in [0.29, 0.717) is 0 Å². The van der Waals surface area contributed by atoms with Gasteiger partial charge in [-0.1, -0.05) is 42.5 Å². The fraction of sp³-hybridized carbons (Fsp3) is 0.333. The molecule has 6 heteroatoms. The van der Waals surface area contributed by atoms with Gasteiger partial charge in [-0.25, -0.2) is 0 Å². The lowest BCUT2D eigenvalue weighted by Gasteiger charge is -2.33. The first-order valence-electron chi connectivity index (χ1n) is 9.28. The monoisotopic (exact) mass is 366 g/mol. The molecule has 1 fully saturated rings. The molecule has 27 heavy (non-hydrogen) atoms. The molecule has 1 aliphatic heterocycles. The molecule has 2 aromatic rings. The number of primary amides is 1. The summed E-state index contributed by atoms with van der Waals surface area (Å²) in [6, 6.07) is 17.0. The lowest BCUT2D eigenvalue weighted by Crippen LogP contribution is -2.39. The van der Waals surface area contributed by atoms with Crippen LogP contribution < -0.4 is 21.7 Å². The van der Waals surface area contributed by atoms with Crippen LogP contribution in [0.5, 0.6) is 0 Å². The Morgan fingerprint density at radius 1 is 1.04 bits per heavy atom. The Bertz CT molecular complexity index is 786. The molecule has 1 atom stereocenters. The van der Waals surface area contributed by atoms with Gasteiger partial charge in [0.15, 0.2) is 0 Å². The second kappa shape index (κ2) is 8.68. The maximum atomic E-state index is 12.5. The number of piperidine rings is 1. The first-order valence-corrected chi connectivity index (χ1v) is 9.28. The number of amides is 2. The minimum atomic E-state index is -0.343. The zero-order chi connectivity index (χ0) is 19.2. The zero-order valence-corrected chi connectivity index (χ0v) is 15.3. The molecule has 1 saturated heterocycles. The molecule has 5 N–H and O–H groups in total. The lowest BCUT2D eigenvalue weighted by molar-refractivity contribution is -0.122. The van der Waals surface area contributed by atoms with E-state index in [0.717, 1.165) is 42.9 Å². The highest BCUT2D eigenvalue weighted by Crippen LogP contribution is 2.30. The third kappa shape index (κ3) is 4.86. The van der Waals surface area contributed by atoms with Gasteiger partial charge in [-0.3, -0.25) is 9.59 Å². The summed E-state index contributed by atoms with van der Waals surface area (Å²) in [5.41, 5.74) is 14.2. The second-order valence-corrected chi connectivity index (χ2v) is 6.95. The molecule has 6 nitrogen and oxygen atoms in total. The fourth-order valence-electron chi connectivity index (χ4n) is 3.48. The number of hydrogen-bond donors (Lipinski definition) is 3. The van der Waals surface area contributed by atoms with Crippen molar-refractivity contribution >= 4 is 23.2 Å². The highest BCUT2D eigenvalue weighted by Gasteiger charge is 2.24. The molecule has 0 radical (unpaired) electrons. The molecule has 142 valence electrons. The summed E-state index contributed by atoms with van der Waals surface area (Å²) in [5, 5.41) is 2.99. The number of carbonyl (C=O) groups is 2. The van der Waals surface area contributed by atoms with Gasteiger partial charge >= 0.3 is 0 Å². The smallest absolute Gasteiger partial charge is 0.226 e. The Balaban J connectivity index is 1.64. The van der Waals surface area contributed by atoms with Crippen molar-refractivity contribution in [3.63, 3.8) is 0 Å². The van der Waals surface area contributed by atoms with Crippen molar-refractivity contribution in [1.29, 1.82) is 0 Å². The standard InChI is InChI=1S/C21H26N4O2/c22-17(15-6-2-1-3-7-15)14-20(26)24-18-8-4-5-9-19(18)25-12-10-16(11-13-25)21(23)27/h1-9,16-17H,10-14,22H2,(H2,23,27)(H,24,26). The lowest BCUT2D eigenvalue weighted by atomic mass is 9.96. The molecule has 2 aromatic carbocycles. The first kappa shape index (κ1) is 18.9. The predicted octanol–water partition coefficient (Wildman–Crippen LogP) is 2.42. The Hall–Kier alpha value is -2.86. The number of para-hydroxylation sites is 2. The number of anilines is 2. The van der Waals surface area contributed by atoms with Crippen LogP contribution in [0.25, 0.3) is 0 Å². The highest BCUT2D eigenvalue weighted by atomic mass is 16.2. The van der Waals surface area contributed by atoms with Crippen LogP contribution in [0, 0.1) is 5.92 Å². The normalized spacial score (nSPS) is 16.0. The number of nitrogens with two attached hydrogens (primary N) is 2. The van der Waals surface area contributed by atoms with Crippen LogP contribution in [-0.2, 0) is 9.59 Å². The molecular formula is C21H26N4O2. The van der Waals surface area contributed by atoms with E-state index in [2.05, 4.69) is 10.2 Å².